The van der Waals surface area contributed by atoms with Crippen molar-refractivity contribution in [3.63, 3.8) is 0 Å². The van der Waals surface area contributed by atoms with Gasteiger partial charge in [0, 0.05) is 25.3 Å². The predicted octanol–water partition coefficient (Wildman–Crippen LogP) is 0.975. The van der Waals surface area contributed by atoms with Gasteiger partial charge >= 0.3 is 0 Å². The highest BCUT2D eigenvalue weighted by atomic mass is 16.2. The van der Waals surface area contributed by atoms with Gasteiger partial charge in [-0.3, -0.25) is 4.79 Å². The molecule has 0 radical (unpaired) electrons. The molecule has 1 amide bonds. The van der Waals surface area contributed by atoms with Gasteiger partial charge in [0.2, 0.25) is 5.91 Å². The molecule has 2 atom stereocenters. The minimum atomic E-state index is -0.454. The zero-order chi connectivity index (χ0) is 12.8. The van der Waals surface area contributed by atoms with E-state index in [1.807, 2.05) is 37.4 Å². The fourth-order valence-electron chi connectivity index (χ4n) is 1.46. The second-order valence-electron chi connectivity index (χ2n) is 4.33. The monoisotopic (exact) mass is 235 g/mol. The van der Waals surface area contributed by atoms with Crippen LogP contribution in [-0.4, -0.2) is 31.6 Å². The molecule has 94 valence electrons. The quantitative estimate of drug-likeness (QED) is 0.799. The van der Waals surface area contributed by atoms with Crippen molar-refractivity contribution in [1.82, 2.24) is 5.32 Å². The number of rotatable bonds is 5. The molecule has 0 bridgehead atoms. The van der Waals surface area contributed by atoms with Gasteiger partial charge in [-0.15, -0.1) is 0 Å². The van der Waals surface area contributed by atoms with E-state index < -0.39 is 6.04 Å². The summed E-state index contributed by atoms with van der Waals surface area (Å²) in [5.74, 6) is -0.113. The van der Waals surface area contributed by atoms with Crippen LogP contribution in [0, 0.1) is 0 Å². The summed E-state index contributed by atoms with van der Waals surface area (Å²) in [5.41, 5.74) is 6.62. The number of para-hydroxylation sites is 1. The summed E-state index contributed by atoms with van der Waals surface area (Å²) in [6, 6.07) is 9.84. The molecule has 4 nitrogen and oxygen atoms in total. The van der Waals surface area contributed by atoms with E-state index in [1.165, 1.54) is 0 Å². The average molecular weight is 235 g/mol. The number of hydrogen-bond acceptors (Lipinski definition) is 3. The highest BCUT2D eigenvalue weighted by molar-refractivity contribution is 5.81. The Kier molecular flexibility index (Phi) is 4.97. The van der Waals surface area contributed by atoms with E-state index >= 15 is 0 Å². The number of carbonyl (C=O) groups is 1. The van der Waals surface area contributed by atoms with Crippen molar-refractivity contribution < 1.29 is 4.79 Å². The Bertz CT molecular complexity index is 351. The van der Waals surface area contributed by atoms with Crippen molar-refractivity contribution in [3.05, 3.63) is 30.3 Å². The standard InChI is InChI=1S/C13H21N3O/c1-10(9-15-13(17)11(2)14)16(3)12-7-5-4-6-8-12/h4-8,10-11H,9,14H2,1-3H3,(H,15,17)/t10?,11-/m1/s1. The number of nitrogens with one attached hydrogen (secondary N) is 1. The van der Waals surface area contributed by atoms with Crippen LogP contribution in [0.5, 0.6) is 0 Å². The molecule has 0 spiro atoms. The van der Waals surface area contributed by atoms with Gasteiger partial charge in [-0.05, 0) is 26.0 Å². The lowest BCUT2D eigenvalue weighted by molar-refractivity contribution is -0.122. The van der Waals surface area contributed by atoms with Crippen molar-refractivity contribution in [2.45, 2.75) is 25.9 Å². The molecule has 0 heterocycles. The first kappa shape index (κ1) is 13.5. The number of benzene rings is 1. The number of nitrogens with two attached hydrogens (primary N) is 1. The van der Waals surface area contributed by atoms with Gasteiger partial charge < -0.3 is 16.0 Å². The van der Waals surface area contributed by atoms with Crippen LogP contribution in [-0.2, 0) is 4.79 Å². The van der Waals surface area contributed by atoms with Gasteiger partial charge in [0.25, 0.3) is 0 Å². The molecule has 0 saturated carbocycles. The second-order valence-corrected chi connectivity index (χ2v) is 4.33. The Morgan fingerprint density at radius 2 is 1.94 bits per heavy atom. The van der Waals surface area contributed by atoms with E-state index in [2.05, 4.69) is 17.1 Å². The Hall–Kier alpha value is -1.55. The highest BCUT2D eigenvalue weighted by Gasteiger charge is 2.12. The number of amides is 1. The van der Waals surface area contributed by atoms with Gasteiger partial charge in [-0.25, -0.2) is 0 Å². The van der Waals surface area contributed by atoms with Crippen LogP contribution in [0.4, 0.5) is 5.69 Å². The highest BCUT2D eigenvalue weighted by Crippen LogP contribution is 2.13. The summed E-state index contributed by atoms with van der Waals surface area (Å²) in [5, 5.41) is 2.83. The SMILES string of the molecule is CC(CNC(=O)[C@@H](C)N)N(C)c1ccccc1. The second kappa shape index (κ2) is 6.25. The maximum absolute atomic E-state index is 11.4. The molecule has 0 aliphatic carbocycles. The van der Waals surface area contributed by atoms with E-state index in [9.17, 15) is 4.79 Å². The minimum absolute atomic E-state index is 0.113. The topological polar surface area (TPSA) is 58.4 Å². The van der Waals surface area contributed by atoms with Gasteiger partial charge in [-0.2, -0.15) is 0 Å². The van der Waals surface area contributed by atoms with Crippen LogP contribution >= 0.6 is 0 Å². The molecule has 0 fully saturated rings. The first-order valence-corrected chi connectivity index (χ1v) is 5.83. The fraction of sp³-hybridized carbons (Fsp3) is 0.462. The Balaban J connectivity index is 2.48. The van der Waals surface area contributed by atoms with Gasteiger partial charge in [0.1, 0.15) is 0 Å². The summed E-state index contributed by atoms with van der Waals surface area (Å²) in [6.07, 6.45) is 0. The molecule has 3 N–H and O–H groups in total. The number of carbonyl (C=O) groups excluding carboxylic acids is 1. The van der Waals surface area contributed by atoms with Crippen molar-refractivity contribution in [2.24, 2.45) is 5.73 Å². The maximum atomic E-state index is 11.4. The summed E-state index contributed by atoms with van der Waals surface area (Å²) >= 11 is 0. The van der Waals surface area contributed by atoms with Crippen LogP contribution < -0.4 is 16.0 Å². The van der Waals surface area contributed by atoms with Gasteiger partial charge in [-0.1, -0.05) is 18.2 Å². The third kappa shape index (κ3) is 4.07. The lowest BCUT2D eigenvalue weighted by atomic mass is 10.2. The van der Waals surface area contributed by atoms with Crippen LogP contribution in [0.25, 0.3) is 0 Å². The Morgan fingerprint density at radius 1 is 1.35 bits per heavy atom. The van der Waals surface area contributed by atoms with E-state index in [1.54, 1.807) is 6.92 Å². The fourth-order valence-corrected chi connectivity index (χ4v) is 1.46. The summed E-state index contributed by atoms with van der Waals surface area (Å²) in [7, 11) is 2.01. The largest absolute Gasteiger partial charge is 0.370 e. The molecule has 0 aliphatic heterocycles. The van der Waals surface area contributed by atoms with Crippen molar-refractivity contribution in [2.75, 3.05) is 18.5 Å². The Labute approximate surface area is 103 Å². The third-order valence-corrected chi connectivity index (χ3v) is 2.81. The zero-order valence-corrected chi connectivity index (χ0v) is 10.7. The minimum Gasteiger partial charge on any atom is -0.370 e. The number of anilines is 1. The van der Waals surface area contributed by atoms with E-state index in [4.69, 9.17) is 5.73 Å². The van der Waals surface area contributed by atoms with Crippen molar-refractivity contribution in [1.29, 1.82) is 0 Å². The summed E-state index contributed by atoms with van der Waals surface area (Å²) in [6.45, 7) is 4.33. The van der Waals surface area contributed by atoms with E-state index in [0.29, 0.717) is 6.54 Å². The van der Waals surface area contributed by atoms with Gasteiger partial charge in [0.05, 0.1) is 6.04 Å². The molecule has 0 saturated heterocycles. The number of hydrogen-bond donors (Lipinski definition) is 2. The number of nitrogens with zero attached hydrogens (tertiary/aromatic N) is 1. The molecule has 1 aromatic rings. The van der Waals surface area contributed by atoms with Gasteiger partial charge in [0.15, 0.2) is 0 Å². The Morgan fingerprint density at radius 3 is 2.47 bits per heavy atom. The third-order valence-electron chi connectivity index (χ3n) is 2.81. The maximum Gasteiger partial charge on any atom is 0.236 e. The van der Waals surface area contributed by atoms with Crippen molar-refractivity contribution in [3.8, 4) is 0 Å². The molecule has 17 heavy (non-hydrogen) atoms. The average Bonchev–Trinajstić information content (AvgIpc) is 2.35. The van der Waals surface area contributed by atoms with E-state index in [-0.39, 0.29) is 11.9 Å². The summed E-state index contributed by atoms with van der Waals surface area (Å²) in [4.78, 5) is 13.5. The molecular weight excluding hydrogens is 214 g/mol. The first-order chi connectivity index (χ1) is 8.02. The molecule has 0 aliphatic rings. The summed E-state index contributed by atoms with van der Waals surface area (Å²) < 4.78 is 0. The molecule has 1 aromatic carbocycles. The number of likely N-dealkylation sites (N-methyl/N-ethyl adjacent to an activating group) is 1. The van der Waals surface area contributed by atoms with Crippen LogP contribution in [0.1, 0.15) is 13.8 Å². The molecule has 1 rings (SSSR count). The lowest BCUT2D eigenvalue weighted by Crippen LogP contribution is -2.45. The normalized spacial score (nSPS) is 13.9. The van der Waals surface area contributed by atoms with Crippen LogP contribution in [0.2, 0.25) is 0 Å². The molecule has 1 unspecified atom stereocenters. The van der Waals surface area contributed by atoms with Crippen LogP contribution in [0.3, 0.4) is 0 Å². The zero-order valence-electron chi connectivity index (χ0n) is 10.7. The van der Waals surface area contributed by atoms with Crippen LogP contribution in [0.15, 0.2) is 30.3 Å². The molecule has 0 aromatic heterocycles. The van der Waals surface area contributed by atoms with E-state index in [0.717, 1.165) is 5.69 Å². The predicted molar refractivity (Wildman–Crippen MR) is 71.0 cm³/mol. The smallest absolute Gasteiger partial charge is 0.236 e. The first-order valence-electron chi connectivity index (χ1n) is 5.83. The molecular formula is C13H21N3O. The van der Waals surface area contributed by atoms with Crippen molar-refractivity contribution >= 4 is 11.6 Å². The molecule has 4 heteroatoms. The lowest BCUT2D eigenvalue weighted by Gasteiger charge is -2.27.